The van der Waals surface area contributed by atoms with Crippen LogP contribution in [0.4, 0.5) is 0 Å². The van der Waals surface area contributed by atoms with Crippen molar-refractivity contribution in [2.75, 3.05) is 26.2 Å². The van der Waals surface area contributed by atoms with Gasteiger partial charge in [0, 0.05) is 25.6 Å². The summed E-state index contributed by atoms with van der Waals surface area (Å²) in [5.41, 5.74) is 1.21. The van der Waals surface area contributed by atoms with Gasteiger partial charge in [-0.15, -0.1) is 6.58 Å². The molecule has 0 radical (unpaired) electrons. The molecule has 1 heterocycles. The van der Waals surface area contributed by atoms with Gasteiger partial charge in [0.15, 0.2) is 0 Å². The third-order valence-corrected chi connectivity index (χ3v) is 3.60. The van der Waals surface area contributed by atoms with Gasteiger partial charge in [-0.25, -0.2) is 0 Å². The van der Waals surface area contributed by atoms with E-state index in [9.17, 15) is 4.79 Å². The van der Waals surface area contributed by atoms with Crippen molar-refractivity contribution in [3.63, 3.8) is 0 Å². The second kappa shape index (κ2) is 6.53. The van der Waals surface area contributed by atoms with Crippen LogP contribution in [0, 0.1) is 5.92 Å². The van der Waals surface area contributed by atoms with Crippen molar-refractivity contribution in [1.82, 2.24) is 4.90 Å². The number of esters is 1. The Hall–Kier alpha value is -1.61. The molecule has 1 aromatic rings. The first kappa shape index (κ1) is 13.8. The minimum atomic E-state index is -0.0806. The van der Waals surface area contributed by atoms with Crippen LogP contribution in [0.1, 0.15) is 18.4 Å². The van der Waals surface area contributed by atoms with E-state index in [0.717, 1.165) is 19.6 Å². The Labute approximate surface area is 114 Å². The standard InChI is InChI=1S/C16H21NO2/c1-3-10-17-11-14(13-8-6-5-7-9-13)15(12-17)16(18)19-4-2/h3,5-9,14-15H,1,4,10-12H2,2H3/t14-,15-/m0/s1. The number of benzene rings is 1. The molecule has 1 aliphatic rings. The van der Waals surface area contributed by atoms with Crippen molar-refractivity contribution in [3.8, 4) is 0 Å². The molecule has 1 aromatic carbocycles. The highest BCUT2D eigenvalue weighted by atomic mass is 16.5. The lowest BCUT2D eigenvalue weighted by molar-refractivity contribution is -0.148. The van der Waals surface area contributed by atoms with Crippen LogP contribution in [0.2, 0.25) is 0 Å². The quantitative estimate of drug-likeness (QED) is 0.601. The number of carbonyl (C=O) groups excluding carboxylic acids is 1. The van der Waals surface area contributed by atoms with Crippen LogP contribution in [0.5, 0.6) is 0 Å². The third-order valence-electron chi connectivity index (χ3n) is 3.60. The van der Waals surface area contributed by atoms with Gasteiger partial charge in [-0.05, 0) is 12.5 Å². The normalized spacial score (nSPS) is 23.2. The van der Waals surface area contributed by atoms with E-state index in [4.69, 9.17) is 4.74 Å². The summed E-state index contributed by atoms with van der Waals surface area (Å²) in [7, 11) is 0. The molecule has 0 spiro atoms. The smallest absolute Gasteiger partial charge is 0.310 e. The molecule has 1 saturated heterocycles. The summed E-state index contributed by atoms with van der Waals surface area (Å²) in [6.07, 6.45) is 1.88. The van der Waals surface area contributed by atoms with Crippen molar-refractivity contribution in [2.45, 2.75) is 12.8 Å². The van der Waals surface area contributed by atoms with Gasteiger partial charge in [0.2, 0.25) is 0 Å². The number of hydrogen-bond acceptors (Lipinski definition) is 3. The van der Waals surface area contributed by atoms with Crippen molar-refractivity contribution in [3.05, 3.63) is 48.6 Å². The van der Waals surface area contributed by atoms with E-state index >= 15 is 0 Å². The summed E-state index contributed by atoms with van der Waals surface area (Å²) in [5.74, 6) is 0.0745. The average molecular weight is 259 g/mol. The molecular weight excluding hydrogens is 238 g/mol. The number of carbonyl (C=O) groups is 1. The van der Waals surface area contributed by atoms with Gasteiger partial charge >= 0.3 is 5.97 Å². The van der Waals surface area contributed by atoms with Gasteiger partial charge in [-0.2, -0.15) is 0 Å². The van der Waals surface area contributed by atoms with Crippen LogP contribution in [0.3, 0.4) is 0 Å². The van der Waals surface area contributed by atoms with Crippen LogP contribution in [-0.2, 0) is 9.53 Å². The summed E-state index contributed by atoms with van der Waals surface area (Å²) in [6.45, 7) is 8.53. The minimum absolute atomic E-state index is 0.0673. The Morgan fingerprint density at radius 1 is 1.42 bits per heavy atom. The van der Waals surface area contributed by atoms with E-state index in [-0.39, 0.29) is 17.8 Å². The maximum atomic E-state index is 12.1. The van der Waals surface area contributed by atoms with Crippen molar-refractivity contribution in [1.29, 1.82) is 0 Å². The summed E-state index contributed by atoms with van der Waals surface area (Å²) >= 11 is 0. The van der Waals surface area contributed by atoms with Gasteiger partial charge in [0.1, 0.15) is 0 Å². The Balaban J connectivity index is 2.17. The zero-order chi connectivity index (χ0) is 13.7. The lowest BCUT2D eigenvalue weighted by Gasteiger charge is -2.17. The molecule has 0 aromatic heterocycles. The summed E-state index contributed by atoms with van der Waals surface area (Å²) in [6, 6.07) is 10.2. The first-order chi connectivity index (χ1) is 9.26. The number of nitrogens with zero attached hydrogens (tertiary/aromatic N) is 1. The Kier molecular flexibility index (Phi) is 4.74. The second-order valence-corrected chi connectivity index (χ2v) is 4.88. The Morgan fingerprint density at radius 2 is 2.16 bits per heavy atom. The molecule has 1 fully saturated rings. The molecule has 102 valence electrons. The molecule has 0 amide bonds. The fraction of sp³-hybridized carbons (Fsp3) is 0.438. The first-order valence-electron chi connectivity index (χ1n) is 6.81. The molecule has 1 aliphatic heterocycles. The van der Waals surface area contributed by atoms with E-state index in [1.165, 1.54) is 5.56 Å². The maximum Gasteiger partial charge on any atom is 0.310 e. The van der Waals surface area contributed by atoms with Crippen LogP contribution in [0.15, 0.2) is 43.0 Å². The molecule has 2 atom stereocenters. The van der Waals surface area contributed by atoms with E-state index in [2.05, 4.69) is 23.6 Å². The van der Waals surface area contributed by atoms with Crippen molar-refractivity contribution < 1.29 is 9.53 Å². The molecule has 0 bridgehead atoms. The van der Waals surface area contributed by atoms with Crippen LogP contribution in [0.25, 0.3) is 0 Å². The molecule has 0 saturated carbocycles. The monoisotopic (exact) mass is 259 g/mol. The van der Waals surface area contributed by atoms with Crippen LogP contribution < -0.4 is 0 Å². The molecule has 3 nitrogen and oxygen atoms in total. The average Bonchev–Trinajstić information content (AvgIpc) is 2.85. The fourth-order valence-electron chi connectivity index (χ4n) is 2.74. The molecule has 0 unspecified atom stereocenters. The molecule has 3 heteroatoms. The summed E-state index contributed by atoms with van der Waals surface area (Å²) in [5, 5.41) is 0. The van der Waals surface area contributed by atoms with Crippen LogP contribution in [-0.4, -0.2) is 37.1 Å². The second-order valence-electron chi connectivity index (χ2n) is 4.88. The zero-order valence-electron chi connectivity index (χ0n) is 11.4. The van der Waals surface area contributed by atoms with Crippen molar-refractivity contribution >= 4 is 5.97 Å². The van der Waals surface area contributed by atoms with E-state index < -0.39 is 0 Å². The van der Waals surface area contributed by atoms with Gasteiger partial charge in [-0.3, -0.25) is 9.69 Å². The summed E-state index contributed by atoms with van der Waals surface area (Å²) in [4.78, 5) is 14.4. The maximum absolute atomic E-state index is 12.1. The number of hydrogen-bond donors (Lipinski definition) is 0. The first-order valence-corrected chi connectivity index (χ1v) is 6.81. The van der Waals surface area contributed by atoms with Gasteiger partial charge in [-0.1, -0.05) is 36.4 Å². The van der Waals surface area contributed by atoms with E-state index in [0.29, 0.717) is 6.61 Å². The number of ether oxygens (including phenoxy) is 1. The van der Waals surface area contributed by atoms with E-state index in [1.807, 2.05) is 31.2 Å². The van der Waals surface area contributed by atoms with Crippen molar-refractivity contribution in [2.24, 2.45) is 5.92 Å². The SMILES string of the molecule is C=CCN1C[C@H](C(=O)OCC)[C@H](c2ccccc2)C1. The van der Waals surface area contributed by atoms with Crippen LogP contribution >= 0.6 is 0 Å². The highest BCUT2D eigenvalue weighted by Gasteiger charge is 2.38. The number of rotatable bonds is 5. The summed E-state index contributed by atoms with van der Waals surface area (Å²) < 4.78 is 5.21. The third kappa shape index (κ3) is 3.24. The van der Waals surface area contributed by atoms with Gasteiger partial charge in [0.25, 0.3) is 0 Å². The highest BCUT2D eigenvalue weighted by molar-refractivity contribution is 5.74. The molecular formula is C16H21NO2. The Morgan fingerprint density at radius 3 is 2.79 bits per heavy atom. The lowest BCUT2D eigenvalue weighted by Crippen LogP contribution is -2.25. The highest BCUT2D eigenvalue weighted by Crippen LogP contribution is 2.33. The fourth-order valence-corrected chi connectivity index (χ4v) is 2.74. The zero-order valence-corrected chi connectivity index (χ0v) is 11.4. The lowest BCUT2D eigenvalue weighted by atomic mass is 9.89. The Bertz CT molecular complexity index is 430. The topological polar surface area (TPSA) is 29.5 Å². The molecule has 0 N–H and O–H groups in total. The predicted octanol–water partition coefficient (Wildman–Crippen LogP) is 2.45. The number of likely N-dealkylation sites (tertiary alicyclic amines) is 1. The van der Waals surface area contributed by atoms with Gasteiger partial charge < -0.3 is 4.74 Å². The minimum Gasteiger partial charge on any atom is -0.466 e. The van der Waals surface area contributed by atoms with E-state index in [1.54, 1.807) is 0 Å². The molecule has 2 rings (SSSR count). The molecule has 19 heavy (non-hydrogen) atoms. The predicted molar refractivity (Wildman–Crippen MR) is 75.9 cm³/mol. The largest absolute Gasteiger partial charge is 0.466 e. The molecule has 0 aliphatic carbocycles. The van der Waals surface area contributed by atoms with Gasteiger partial charge in [0.05, 0.1) is 12.5 Å².